The van der Waals surface area contributed by atoms with Crippen molar-refractivity contribution in [2.45, 2.75) is 23.8 Å². The maximum absolute atomic E-state index is 12.7. The molecule has 1 aliphatic heterocycles. The first kappa shape index (κ1) is 20.9. The Labute approximate surface area is 174 Å². The quantitative estimate of drug-likeness (QED) is 0.767. The predicted octanol–water partition coefficient (Wildman–Crippen LogP) is 3.59. The molecule has 0 bridgehead atoms. The third-order valence-corrected chi connectivity index (χ3v) is 6.73. The van der Waals surface area contributed by atoms with Gasteiger partial charge in [0.25, 0.3) is 5.91 Å². The minimum atomic E-state index is -3.63. The Balaban J connectivity index is 1.61. The van der Waals surface area contributed by atoms with Gasteiger partial charge in [-0.2, -0.15) is 0 Å². The van der Waals surface area contributed by atoms with E-state index in [2.05, 4.69) is 4.72 Å². The van der Waals surface area contributed by atoms with E-state index in [1.165, 1.54) is 19.2 Å². The van der Waals surface area contributed by atoms with Crippen molar-refractivity contribution >= 4 is 39.1 Å². The number of halogens is 2. The van der Waals surface area contributed by atoms with Crippen LogP contribution in [0.4, 0.5) is 0 Å². The van der Waals surface area contributed by atoms with Gasteiger partial charge in [-0.25, -0.2) is 13.1 Å². The summed E-state index contributed by atoms with van der Waals surface area (Å²) < 4.78 is 32.9. The summed E-state index contributed by atoms with van der Waals surface area (Å²) in [6.07, 6.45) is 1.03. The number of methoxy groups -OCH3 is 1. The lowest BCUT2D eigenvalue weighted by Gasteiger charge is -2.32. The van der Waals surface area contributed by atoms with Gasteiger partial charge in [0.2, 0.25) is 10.0 Å². The van der Waals surface area contributed by atoms with E-state index in [1.807, 2.05) is 0 Å². The number of ether oxygens (including phenoxy) is 1. The molecule has 0 aliphatic carbocycles. The minimum absolute atomic E-state index is 0.178. The van der Waals surface area contributed by atoms with E-state index in [0.29, 0.717) is 47.3 Å². The van der Waals surface area contributed by atoms with Crippen molar-refractivity contribution in [3.63, 3.8) is 0 Å². The van der Waals surface area contributed by atoms with E-state index < -0.39 is 10.0 Å². The van der Waals surface area contributed by atoms with Gasteiger partial charge in [0.1, 0.15) is 5.75 Å². The van der Waals surface area contributed by atoms with Gasteiger partial charge in [0, 0.05) is 24.2 Å². The van der Waals surface area contributed by atoms with Gasteiger partial charge in [-0.05, 0) is 55.3 Å². The first-order valence-corrected chi connectivity index (χ1v) is 10.9. The van der Waals surface area contributed by atoms with Gasteiger partial charge in [-0.1, -0.05) is 23.2 Å². The van der Waals surface area contributed by atoms with Crippen LogP contribution in [-0.4, -0.2) is 45.5 Å². The first-order chi connectivity index (χ1) is 13.3. The summed E-state index contributed by atoms with van der Waals surface area (Å²) in [4.78, 5) is 14.5. The monoisotopic (exact) mass is 442 g/mol. The van der Waals surface area contributed by atoms with E-state index in [-0.39, 0.29) is 16.8 Å². The standard InChI is InChI=1S/C19H20Cl2N2O4S/c1-27-15-3-5-16(6-4-15)28(25,26)22-14-8-10-23(11-9-14)19(24)17-12-13(20)2-7-18(17)21/h2-7,12,14,22H,8-11H2,1H3. The number of sulfonamides is 1. The number of carbonyl (C=O) groups is 1. The van der Waals surface area contributed by atoms with Crippen LogP contribution in [0.15, 0.2) is 47.4 Å². The smallest absolute Gasteiger partial charge is 0.255 e. The molecule has 0 aromatic heterocycles. The highest BCUT2D eigenvalue weighted by Crippen LogP contribution is 2.24. The van der Waals surface area contributed by atoms with E-state index >= 15 is 0 Å². The molecule has 1 fully saturated rings. The number of likely N-dealkylation sites (tertiary alicyclic amines) is 1. The molecular weight excluding hydrogens is 423 g/mol. The summed E-state index contributed by atoms with van der Waals surface area (Å²) >= 11 is 12.1. The number of hydrogen-bond acceptors (Lipinski definition) is 4. The molecule has 3 rings (SSSR count). The van der Waals surface area contributed by atoms with Crippen molar-refractivity contribution in [1.29, 1.82) is 0 Å². The summed E-state index contributed by atoms with van der Waals surface area (Å²) in [5, 5.41) is 0.784. The lowest BCUT2D eigenvalue weighted by molar-refractivity contribution is 0.0711. The Morgan fingerprint density at radius 2 is 1.75 bits per heavy atom. The highest BCUT2D eigenvalue weighted by Gasteiger charge is 2.28. The molecule has 1 aliphatic rings. The van der Waals surface area contributed by atoms with Crippen molar-refractivity contribution in [1.82, 2.24) is 9.62 Å². The Bertz CT molecular complexity index is 956. The van der Waals surface area contributed by atoms with Crippen molar-refractivity contribution in [3.05, 3.63) is 58.1 Å². The molecule has 150 valence electrons. The fourth-order valence-corrected chi connectivity index (χ4v) is 4.75. The molecule has 1 N–H and O–H groups in total. The molecule has 0 saturated carbocycles. The van der Waals surface area contributed by atoms with Crippen LogP contribution in [0.25, 0.3) is 0 Å². The third kappa shape index (κ3) is 4.78. The highest BCUT2D eigenvalue weighted by molar-refractivity contribution is 7.89. The number of nitrogens with zero attached hydrogens (tertiary/aromatic N) is 1. The van der Waals surface area contributed by atoms with Crippen molar-refractivity contribution in [2.75, 3.05) is 20.2 Å². The maximum atomic E-state index is 12.7. The van der Waals surface area contributed by atoms with Gasteiger partial charge >= 0.3 is 0 Å². The fourth-order valence-electron chi connectivity index (χ4n) is 3.07. The number of hydrogen-bond donors (Lipinski definition) is 1. The molecule has 28 heavy (non-hydrogen) atoms. The van der Waals surface area contributed by atoms with Crippen LogP contribution in [0.5, 0.6) is 5.75 Å². The number of benzene rings is 2. The minimum Gasteiger partial charge on any atom is -0.497 e. The molecule has 6 nitrogen and oxygen atoms in total. The summed E-state index contributed by atoms with van der Waals surface area (Å²) in [7, 11) is -2.11. The Morgan fingerprint density at radius 3 is 2.36 bits per heavy atom. The molecular formula is C19H20Cl2N2O4S. The topological polar surface area (TPSA) is 75.7 Å². The van der Waals surface area contributed by atoms with E-state index in [0.717, 1.165) is 0 Å². The SMILES string of the molecule is COc1ccc(S(=O)(=O)NC2CCN(C(=O)c3cc(Cl)ccc3Cl)CC2)cc1. The van der Waals surface area contributed by atoms with Crippen LogP contribution >= 0.6 is 23.2 Å². The third-order valence-electron chi connectivity index (χ3n) is 4.63. The zero-order chi connectivity index (χ0) is 20.3. The average Bonchev–Trinajstić information content (AvgIpc) is 2.69. The number of piperidine rings is 1. The predicted molar refractivity (Wildman–Crippen MR) is 109 cm³/mol. The van der Waals surface area contributed by atoms with Crippen LogP contribution in [0.2, 0.25) is 10.0 Å². The summed E-state index contributed by atoms with van der Waals surface area (Å²) in [5.41, 5.74) is 0.353. The summed E-state index contributed by atoms with van der Waals surface area (Å²) in [5.74, 6) is 0.384. The molecule has 9 heteroatoms. The van der Waals surface area contributed by atoms with Crippen LogP contribution in [-0.2, 0) is 10.0 Å². The fraction of sp³-hybridized carbons (Fsp3) is 0.316. The molecule has 0 radical (unpaired) electrons. The normalized spacial score (nSPS) is 15.5. The highest BCUT2D eigenvalue weighted by atomic mass is 35.5. The first-order valence-electron chi connectivity index (χ1n) is 8.71. The molecule has 2 aromatic carbocycles. The second kappa shape index (κ2) is 8.69. The van der Waals surface area contributed by atoms with Crippen LogP contribution in [0.3, 0.4) is 0 Å². The van der Waals surface area contributed by atoms with Crippen molar-refractivity contribution in [3.8, 4) is 5.75 Å². The molecule has 0 spiro atoms. The lowest BCUT2D eigenvalue weighted by Crippen LogP contribution is -2.46. The van der Waals surface area contributed by atoms with E-state index in [4.69, 9.17) is 27.9 Å². The van der Waals surface area contributed by atoms with Gasteiger partial charge < -0.3 is 9.64 Å². The summed E-state index contributed by atoms with van der Waals surface area (Å²) in [6.45, 7) is 0.856. The van der Waals surface area contributed by atoms with Crippen LogP contribution in [0, 0.1) is 0 Å². The van der Waals surface area contributed by atoms with Crippen molar-refractivity contribution < 1.29 is 17.9 Å². The average molecular weight is 443 g/mol. The molecule has 1 saturated heterocycles. The second-order valence-electron chi connectivity index (χ2n) is 6.49. The molecule has 1 heterocycles. The van der Waals surface area contributed by atoms with Gasteiger partial charge in [0.15, 0.2) is 0 Å². The molecule has 1 amide bonds. The lowest BCUT2D eigenvalue weighted by atomic mass is 10.0. The second-order valence-corrected chi connectivity index (χ2v) is 9.05. The zero-order valence-corrected chi connectivity index (χ0v) is 17.5. The maximum Gasteiger partial charge on any atom is 0.255 e. The number of rotatable bonds is 5. The number of amides is 1. The number of carbonyl (C=O) groups excluding carboxylic acids is 1. The molecule has 0 unspecified atom stereocenters. The van der Waals surface area contributed by atoms with E-state index in [1.54, 1.807) is 35.2 Å². The Morgan fingerprint density at radius 1 is 1.11 bits per heavy atom. The van der Waals surface area contributed by atoms with Gasteiger partial charge in [-0.15, -0.1) is 0 Å². The number of nitrogens with one attached hydrogen (secondary N) is 1. The summed E-state index contributed by atoms with van der Waals surface area (Å²) in [6, 6.07) is 10.7. The Hall–Kier alpha value is -1.80. The zero-order valence-electron chi connectivity index (χ0n) is 15.2. The van der Waals surface area contributed by atoms with Crippen LogP contribution in [0.1, 0.15) is 23.2 Å². The van der Waals surface area contributed by atoms with Gasteiger partial charge in [0.05, 0.1) is 22.6 Å². The molecule has 2 aromatic rings. The largest absolute Gasteiger partial charge is 0.497 e. The van der Waals surface area contributed by atoms with Crippen molar-refractivity contribution in [2.24, 2.45) is 0 Å². The molecule has 0 atom stereocenters. The Kier molecular flexibility index (Phi) is 6.50. The van der Waals surface area contributed by atoms with Crippen LogP contribution < -0.4 is 9.46 Å². The van der Waals surface area contributed by atoms with E-state index in [9.17, 15) is 13.2 Å². The van der Waals surface area contributed by atoms with Gasteiger partial charge in [-0.3, -0.25) is 4.79 Å².